The van der Waals surface area contributed by atoms with Crippen molar-refractivity contribution >= 4 is 33.5 Å². The Hall–Kier alpha value is -3.47. The summed E-state index contributed by atoms with van der Waals surface area (Å²) in [6, 6.07) is 17.9. The van der Waals surface area contributed by atoms with Gasteiger partial charge in [-0.25, -0.2) is 4.79 Å². The van der Waals surface area contributed by atoms with Crippen LogP contribution in [-0.4, -0.2) is 10.9 Å². The number of amides is 1. The Bertz CT molecular complexity index is 1180. The van der Waals surface area contributed by atoms with Crippen molar-refractivity contribution in [2.75, 3.05) is 5.32 Å². The summed E-state index contributed by atoms with van der Waals surface area (Å²) < 4.78 is 5.23. The van der Waals surface area contributed by atoms with E-state index in [1.54, 1.807) is 30.3 Å². The molecule has 0 aliphatic heterocycles. The predicted octanol–water partition coefficient (Wildman–Crippen LogP) is 3.90. The van der Waals surface area contributed by atoms with Gasteiger partial charge in [-0.15, -0.1) is 0 Å². The van der Waals surface area contributed by atoms with E-state index in [1.165, 1.54) is 0 Å². The molecule has 2 heterocycles. The van der Waals surface area contributed by atoms with E-state index < -0.39 is 11.5 Å². The van der Waals surface area contributed by atoms with Crippen LogP contribution in [0.15, 0.2) is 69.9 Å². The van der Waals surface area contributed by atoms with Crippen molar-refractivity contribution in [1.29, 1.82) is 0 Å². The summed E-state index contributed by atoms with van der Waals surface area (Å²) >= 11 is 0. The van der Waals surface area contributed by atoms with Crippen LogP contribution in [0.5, 0.6) is 0 Å². The Morgan fingerprint density at radius 1 is 1.04 bits per heavy atom. The molecule has 0 aliphatic rings. The summed E-state index contributed by atoms with van der Waals surface area (Å²) in [5.41, 5.74) is 1.93. The van der Waals surface area contributed by atoms with E-state index in [0.29, 0.717) is 16.7 Å². The minimum atomic E-state index is -0.661. The Kier molecular flexibility index (Phi) is 3.54. The summed E-state index contributed by atoms with van der Waals surface area (Å²) in [6.07, 6.45) is 0. The lowest BCUT2D eigenvalue weighted by atomic mass is 10.1. The third-order valence-electron chi connectivity index (χ3n) is 3.98. The second kappa shape index (κ2) is 5.87. The normalized spacial score (nSPS) is 10.9. The van der Waals surface area contributed by atoms with Crippen molar-refractivity contribution in [2.24, 2.45) is 0 Å². The van der Waals surface area contributed by atoms with Crippen LogP contribution in [0.3, 0.4) is 0 Å². The van der Waals surface area contributed by atoms with Crippen molar-refractivity contribution in [3.8, 4) is 0 Å². The fraction of sp³-hybridized carbons (Fsp3) is 0.0500. The average Bonchev–Trinajstić information content (AvgIpc) is 2.61. The number of nitrogens with zero attached hydrogens (tertiary/aromatic N) is 1. The first-order valence-electron chi connectivity index (χ1n) is 7.82. The molecule has 0 atom stereocenters. The van der Waals surface area contributed by atoms with Gasteiger partial charge in [0, 0.05) is 16.5 Å². The standard InChI is InChI=1S/C20H14N2O3/c1-12-10-17(14-7-3-4-8-16(14)21-12)22-19(23)15-11-13-6-2-5-9-18(13)25-20(15)24/h2-11H,1H3,(H,21,22,23). The summed E-state index contributed by atoms with van der Waals surface area (Å²) in [4.78, 5) is 29.2. The van der Waals surface area contributed by atoms with Crippen LogP contribution < -0.4 is 10.9 Å². The van der Waals surface area contributed by atoms with Gasteiger partial charge in [0.05, 0.1) is 11.2 Å². The molecule has 0 saturated heterocycles. The quantitative estimate of drug-likeness (QED) is 0.566. The molecule has 4 aromatic rings. The van der Waals surface area contributed by atoms with Gasteiger partial charge in [0.2, 0.25) is 0 Å². The Morgan fingerprint density at radius 3 is 2.68 bits per heavy atom. The van der Waals surface area contributed by atoms with Crippen molar-refractivity contribution < 1.29 is 9.21 Å². The van der Waals surface area contributed by atoms with Crippen molar-refractivity contribution in [1.82, 2.24) is 4.98 Å². The molecule has 4 rings (SSSR count). The summed E-state index contributed by atoms with van der Waals surface area (Å²) in [5, 5.41) is 4.32. The first kappa shape index (κ1) is 15.1. The van der Waals surface area contributed by atoms with Crippen LogP contribution in [0, 0.1) is 6.92 Å². The number of fused-ring (bicyclic) bond motifs is 2. The van der Waals surface area contributed by atoms with Crippen molar-refractivity contribution in [2.45, 2.75) is 6.92 Å². The van der Waals surface area contributed by atoms with E-state index in [9.17, 15) is 9.59 Å². The lowest BCUT2D eigenvalue weighted by Gasteiger charge is -2.09. The zero-order valence-electron chi connectivity index (χ0n) is 13.4. The molecule has 2 aromatic carbocycles. The monoisotopic (exact) mass is 330 g/mol. The lowest BCUT2D eigenvalue weighted by molar-refractivity contribution is 0.102. The number of anilines is 1. The van der Waals surface area contributed by atoms with Gasteiger partial charge in [0.1, 0.15) is 11.1 Å². The predicted molar refractivity (Wildman–Crippen MR) is 96.9 cm³/mol. The molecule has 5 heteroatoms. The van der Waals surface area contributed by atoms with Gasteiger partial charge in [-0.1, -0.05) is 36.4 Å². The molecule has 1 N–H and O–H groups in total. The number of aryl methyl sites for hydroxylation is 1. The Labute approximate surface area is 142 Å². The van der Waals surface area contributed by atoms with Gasteiger partial charge in [0.15, 0.2) is 0 Å². The molecule has 0 bridgehead atoms. The molecule has 25 heavy (non-hydrogen) atoms. The largest absolute Gasteiger partial charge is 0.422 e. The highest BCUT2D eigenvalue weighted by Gasteiger charge is 2.15. The Balaban J connectivity index is 1.78. The number of benzene rings is 2. The maximum atomic E-state index is 12.6. The van der Waals surface area contributed by atoms with Gasteiger partial charge in [-0.3, -0.25) is 9.78 Å². The highest BCUT2D eigenvalue weighted by Crippen LogP contribution is 2.23. The molecule has 1 amide bonds. The molecule has 122 valence electrons. The van der Waals surface area contributed by atoms with Crippen LogP contribution in [0.4, 0.5) is 5.69 Å². The van der Waals surface area contributed by atoms with Crippen molar-refractivity contribution in [3.05, 3.63) is 82.3 Å². The number of nitrogens with one attached hydrogen (secondary N) is 1. The maximum Gasteiger partial charge on any atom is 0.349 e. The molecule has 0 aliphatic carbocycles. The van der Waals surface area contributed by atoms with E-state index in [2.05, 4.69) is 10.3 Å². The summed E-state index contributed by atoms with van der Waals surface area (Å²) in [5.74, 6) is -0.504. The zero-order chi connectivity index (χ0) is 17.4. The Morgan fingerprint density at radius 2 is 1.80 bits per heavy atom. The zero-order valence-corrected chi connectivity index (χ0v) is 13.4. The van der Waals surface area contributed by atoms with Gasteiger partial charge < -0.3 is 9.73 Å². The first-order valence-corrected chi connectivity index (χ1v) is 7.82. The fourth-order valence-corrected chi connectivity index (χ4v) is 2.82. The number of carbonyl (C=O) groups excluding carboxylic acids is 1. The van der Waals surface area contributed by atoms with Crippen LogP contribution in [0.25, 0.3) is 21.9 Å². The van der Waals surface area contributed by atoms with Crippen LogP contribution in [0.1, 0.15) is 16.1 Å². The highest BCUT2D eigenvalue weighted by atomic mass is 16.4. The second-order valence-corrected chi connectivity index (χ2v) is 5.77. The topological polar surface area (TPSA) is 72.2 Å². The third-order valence-corrected chi connectivity index (χ3v) is 3.98. The van der Waals surface area contributed by atoms with E-state index >= 15 is 0 Å². The summed E-state index contributed by atoms with van der Waals surface area (Å²) in [7, 11) is 0. The average molecular weight is 330 g/mol. The lowest BCUT2D eigenvalue weighted by Crippen LogP contribution is -2.21. The molecular formula is C20H14N2O3. The van der Waals surface area contributed by atoms with Gasteiger partial charge in [-0.05, 0) is 31.2 Å². The van der Waals surface area contributed by atoms with E-state index in [1.807, 2.05) is 37.3 Å². The first-order chi connectivity index (χ1) is 12.1. The van der Waals surface area contributed by atoms with Crippen LogP contribution in [-0.2, 0) is 0 Å². The SMILES string of the molecule is Cc1cc(NC(=O)c2cc3ccccc3oc2=O)c2ccccc2n1. The molecule has 2 aromatic heterocycles. The second-order valence-electron chi connectivity index (χ2n) is 5.77. The molecule has 0 saturated carbocycles. The van der Waals surface area contributed by atoms with Gasteiger partial charge >= 0.3 is 5.63 Å². The number of carbonyl (C=O) groups is 1. The third kappa shape index (κ3) is 2.76. The molecule has 5 nitrogen and oxygen atoms in total. The van der Waals surface area contributed by atoms with E-state index in [4.69, 9.17) is 4.42 Å². The van der Waals surface area contributed by atoms with Crippen LogP contribution in [0.2, 0.25) is 0 Å². The summed E-state index contributed by atoms with van der Waals surface area (Å²) in [6.45, 7) is 1.85. The minimum absolute atomic E-state index is 0.0303. The highest BCUT2D eigenvalue weighted by molar-refractivity contribution is 6.09. The van der Waals surface area contributed by atoms with Gasteiger partial charge in [0.25, 0.3) is 5.91 Å². The van der Waals surface area contributed by atoms with Crippen molar-refractivity contribution in [3.63, 3.8) is 0 Å². The van der Waals surface area contributed by atoms with E-state index in [-0.39, 0.29) is 5.56 Å². The number of para-hydroxylation sites is 2. The maximum absolute atomic E-state index is 12.6. The fourth-order valence-electron chi connectivity index (χ4n) is 2.82. The van der Waals surface area contributed by atoms with E-state index in [0.717, 1.165) is 16.6 Å². The number of pyridine rings is 1. The smallest absolute Gasteiger partial charge is 0.349 e. The molecule has 0 spiro atoms. The number of aromatic nitrogens is 1. The number of hydrogen-bond acceptors (Lipinski definition) is 4. The molecule has 0 fully saturated rings. The minimum Gasteiger partial charge on any atom is -0.422 e. The molecular weight excluding hydrogens is 316 g/mol. The van der Waals surface area contributed by atoms with Crippen LogP contribution >= 0.6 is 0 Å². The molecule has 0 unspecified atom stereocenters. The van der Waals surface area contributed by atoms with Gasteiger partial charge in [-0.2, -0.15) is 0 Å². The number of hydrogen-bond donors (Lipinski definition) is 1. The number of rotatable bonds is 2. The molecule has 0 radical (unpaired) electrons.